The van der Waals surface area contributed by atoms with E-state index in [0.29, 0.717) is 0 Å². The van der Waals surface area contributed by atoms with Gasteiger partial charge in [-0.15, -0.1) is 0 Å². The molecule has 0 heteroatoms. The van der Waals surface area contributed by atoms with Crippen LogP contribution in [-0.2, 0) is 0 Å². The monoisotopic (exact) mass is 224 g/mol. The normalized spacial score (nSPS) is 17.9. The van der Waals surface area contributed by atoms with Crippen molar-refractivity contribution in [3.63, 3.8) is 0 Å². The molecule has 0 spiro atoms. The largest absolute Gasteiger partial charge is 0.0883 e. The lowest BCUT2D eigenvalue weighted by atomic mass is 9.81. The first-order valence-electron chi connectivity index (χ1n) is 7.15. The van der Waals surface area contributed by atoms with Gasteiger partial charge in [0.25, 0.3) is 0 Å². The fraction of sp³-hybridized carbons (Fsp3) is 0.875. The molecule has 0 heterocycles. The first-order chi connectivity index (χ1) is 7.49. The van der Waals surface area contributed by atoms with E-state index < -0.39 is 0 Å². The summed E-state index contributed by atoms with van der Waals surface area (Å²) in [7, 11) is 0. The Kier molecular flexibility index (Phi) is 8.70. The molecule has 0 aliphatic rings. The van der Waals surface area contributed by atoms with E-state index in [4.69, 9.17) is 0 Å². The zero-order valence-electron chi connectivity index (χ0n) is 12.3. The molecule has 0 fully saturated rings. The van der Waals surface area contributed by atoms with Crippen molar-refractivity contribution < 1.29 is 0 Å². The summed E-state index contributed by atoms with van der Waals surface area (Å²) in [6, 6.07) is 0. The lowest BCUT2D eigenvalue weighted by Gasteiger charge is -2.25. The minimum Gasteiger partial charge on any atom is -0.0883 e. The lowest BCUT2D eigenvalue weighted by molar-refractivity contribution is 0.265. The molecular formula is C16H32. The van der Waals surface area contributed by atoms with E-state index in [1.165, 1.54) is 25.7 Å². The Hall–Kier alpha value is -0.260. The molecule has 0 saturated heterocycles. The average Bonchev–Trinajstić information content (AvgIpc) is 2.23. The predicted octanol–water partition coefficient (Wildman–Crippen LogP) is 5.69. The molecule has 0 aromatic carbocycles. The standard InChI is InChI=1S/C16H32/c1-7-8-9-10-11-14(4)12-15(5)16(6)13(2)3/h10-11,13-16H,7-9,12H2,1-6H3/b11-10-. The van der Waals surface area contributed by atoms with Crippen LogP contribution in [0.3, 0.4) is 0 Å². The molecule has 0 aromatic rings. The Balaban J connectivity index is 3.85. The van der Waals surface area contributed by atoms with Crippen LogP contribution in [-0.4, -0.2) is 0 Å². The molecule has 3 atom stereocenters. The van der Waals surface area contributed by atoms with Gasteiger partial charge in [0, 0.05) is 0 Å². The van der Waals surface area contributed by atoms with Gasteiger partial charge in [-0.25, -0.2) is 0 Å². The molecule has 0 N–H and O–H groups in total. The SMILES string of the molecule is CCCC/C=C\C(C)CC(C)C(C)C(C)C. The van der Waals surface area contributed by atoms with Crippen LogP contribution in [0.5, 0.6) is 0 Å². The Morgan fingerprint density at radius 1 is 1.00 bits per heavy atom. The maximum Gasteiger partial charge on any atom is -0.0259 e. The van der Waals surface area contributed by atoms with Gasteiger partial charge in [-0.05, 0) is 36.5 Å². The number of allylic oxidation sites excluding steroid dienone is 2. The van der Waals surface area contributed by atoms with Crippen LogP contribution in [0.1, 0.15) is 67.2 Å². The van der Waals surface area contributed by atoms with Gasteiger partial charge in [0.1, 0.15) is 0 Å². The zero-order valence-corrected chi connectivity index (χ0v) is 12.3. The smallest absolute Gasteiger partial charge is 0.0259 e. The summed E-state index contributed by atoms with van der Waals surface area (Å²) in [6.45, 7) is 14.1. The highest BCUT2D eigenvalue weighted by Gasteiger charge is 2.16. The molecule has 0 aromatic heterocycles. The van der Waals surface area contributed by atoms with Gasteiger partial charge in [0.05, 0.1) is 0 Å². The van der Waals surface area contributed by atoms with Gasteiger partial charge in [0.2, 0.25) is 0 Å². The predicted molar refractivity (Wildman–Crippen MR) is 75.6 cm³/mol. The molecule has 0 bridgehead atoms. The zero-order chi connectivity index (χ0) is 12.6. The molecule has 3 unspecified atom stereocenters. The fourth-order valence-corrected chi connectivity index (χ4v) is 2.19. The van der Waals surface area contributed by atoms with Crippen molar-refractivity contribution in [2.24, 2.45) is 23.7 Å². The van der Waals surface area contributed by atoms with Crippen LogP contribution in [0, 0.1) is 23.7 Å². The molecule has 16 heavy (non-hydrogen) atoms. The Labute approximate surface area is 104 Å². The number of unbranched alkanes of at least 4 members (excludes halogenated alkanes) is 2. The molecule has 0 nitrogen and oxygen atoms in total. The Bertz CT molecular complexity index is 178. The van der Waals surface area contributed by atoms with E-state index in [1.54, 1.807) is 0 Å². The molecule has 0 rings (SSSR count). The van der Waals surface area contributed by atoms with E-state index in [2.05, 4.69) is 53.7 Å². The van der Waals surface area contributed by atoms with Crippen molar-refractivity contribution in [3.8, 4) is 0 Å². The second-order valence-corrected chi connectivity index (χ2v) is 5.86. The van der Waals surface area contributed by atoms with E-state index in [9.17, 15) is 0 Å². The highest BCUT2D eigenvalue weighted by molar-refractivity contribution is 4.87. The molecule has 96 valence electrons. The topological polar surface area (TPSA) is 0 Å². The van der Waals surface area contributed by atoms with Gasteiger partial charge in [0.15, 0.2) is 0 Å². The molecule has 0 amide bonds. The molecule has 0 aliphatic heterocycles. The number of hydrogen-bond acceptors (Lipinski definition) is 0. The number of hydrogen-bond donors (Lipinski definition) is 0. The van der Waals surface area contributed by atoms with Crippen LogP contribution in [0.2, 0.25) is 0 Å². The minimum absolute atomic E-state index is 0.744. The van der Waals surface area contributed by atoms with E-state index >= 15 is 0 Å². The van der Waals surface area contributed by atoms with Crippen LogP contribution < -0.4 is 0 Å². The highest BCUT2D eigenvalue weighted by atomic mass is 14.2. The van der Waals surface area contributed by atoms with Crippen LogP contribution in [0.15, 0.2) is 12.2 Å². The maximum atomic E-state index is 2.42. The van der Waals surface area contributed by atoms with E-state index in [1.807, 2.05) is 0 Å². The summed E-state index contributed by atoms with van der Waals surface area (Å²) >= 11 is 0. The average molecular weight is 224 g/mol. The maximum absolute atomic E-state index is 2.42. The molecular weight excluding hydrogens is 192 g/mol. The number of rotatable bonds is 8. The Morgan fingerprint density at radius 2 is 1.62 bits per heavy atom. The summed E-state index contributed by atoms with van der Waals surface area (Å²) < 4.78 is 0. The lowest BCUT2D eigenvalue weighted by Crippen LogP contribution is -2.16. The second-order valence-electron chi connectivity index (χ2n) is 5.86. The second kappa shape index (κ2) is 8.84. The first-order valence-corrected chi connectivity index (χ1v) is 7.15. The van der Waals surface area contributed by atoms with Crippen molar-refractivity contribution in [1.82, 2.24) is 0 Å². The summed E-state index contributed by atoms with van der Waals surface area (Å²) in [5.41, 5.74) is 0. The van der Waals surface area contributed by atoms with Crippen molar-refractivity contribution in [2.45, 2.75) is 67.2 Å². The van der Waals surface area contributed by atoms with Crippen molar-refractivity contribution in [2.75, 3.05) is 0 Å². The van der Waals surface area contributed by atoms with E-state index in [0.717, 1.165) is 23.7 Å². The quantitative estimate of drug-likeness (QED) is 0.367. The third-order valence-electron chi connectivity index (χ3n) is 3.88. The van der Waals surface area contributed by atoms with Gasteiger partial charge >= 0.3 is 0 Å². The van der Waals surface area contributed by atoms with Crippen LogP contribution in [0.4, 0.5) is 0 Å². The molecule has 0 aliphatic carbocycles. The third kappa shape index (κ3) is 7.09. The van der Waals surface area contributed by atoms with Crippen molar-refractivity contribution >= 4 is 0 Å². The summed E-state index contributed by atoms with van der Waals surface area (Å²) in [6.07, 6.45) is 10.0. The fourth-order valence-electron chi connectivity index (χ4n) is 2.19. The van der Waals surface area contributed by atoms with Crippen molar-refractivity contribution in [1.29, 1.82) is 0 Å². The third-order valence-corrected chi connectivity index (χ3v) is 3.88. The van der Waals surface area contributed by atoms with Gasteiger partial charge in [-0.3, -0.25) is 0 Å². The first kappa shape index (κ1) is 15.7. The highest BCUT2D eigenvalue weighted by Crippen LogP contribution is 2.26. The summed E-state index contributed by atoms with van der Waals surface area (Å²) in [5.74, 6) is 3.23. The Morgan fingerprint density at radius 3 is 2.12 bits per heavy atom. The van der Waals surface area contributed by atoms with Crippen LogP contribution >= 0.6 is 0 Å². The summed E-state index contributed by atoms with van der Waals surface area (Å²) in [4.78, 5) is 0. The molecule has 0 radical (unpaired) electrons. The molecule has 0 saturated carbocycles. The van der Waals surface area contributed by atoms with Gasteiger partial charge < -0.3 is 0 Å². The van der Waals surface area contributed by atoms with Crippen molar-refractivity contribution in [3.05, 3.63) is 12.2 Å². The van der Waals surface area contributed by atoms with E-state index in [-0.39, 0.29) is 0 Å². The summed E-state index contributed by atoms with van der Waals surface area (Å²) in [5, 5.41) is 0. The minimum atomic E-state index is 0.744. The van der Waals surface area contributed by atoms with Gasteiger partial charge in [-0.2, -0.15) is 0 Å². The van der Waals surface area contributed by atoms with Gasteiger partial charge in [-0.1, -0.05) is 66.5 Å². The van der Waals surface area contributed by atoms with Crippen LogP contribution in [0.25, 0.3) is 0 Å².